The molecule has 2 aromatic rings. The molecule has 1 N–H and O–H groups in total. The van der Waals surface area contributed by atoms with Crippen LogP contribution in [0.15, 0.2) is 48.8 Å². The molecular weight excluding hydrogens is 184 g/mol. The van der Waals surface area contributed by atoms with Crippen molar-refractivity contribution in [3.05, 3.63) is 54.4 Å². The molecule has 3 rings (SSSR count). The lowest BCUT2D eigenvalue weighted by molar-refractivity contribution is 0.512. The van der Waals surface area contributed by atoms with Crippen LogP contribution in [-0.4, -0.2) is 11.1 Å². The predicted octanol–water partition coefficient (Wildman–Crippen LogP) is 2.70. The van der Waals surface area contributed by atoms with Crippen molar-refractivity contribution >= 4 is 5.69 Å². The first-order valence-electron chi connectivity index (χ1n) is 5.38. The number of benzene rings is 1. The maximum atomic E-state index is 3.48. The van der Waals surface area contributed by atoms with Gasteiger partial charge in [-0.2, -0.15) is 0 Å². The van der Waals surface area contributed by atoms with E-state index in [0.29, 0.717) is 6.04 Å². The third kappa shape index (κ3) is 1.52. The topological polar surface area (TPSA) is 17.0 Å². The third-order valence-corrected chi connectivity index (χ3v) is 3.05. The number of nitrogens with zero attached hydrogens (tertiary/aromatic N) is 1. The molecule has 0 spiro atoms. The van der Waals surface area contributed by atoms with E-state index < -0.39 is 0 Å². The average molecular weight is 198 g/mol. The second kappa shape index (κ2) is 3.46. The summed E-state index contributed by atoms with van der Waals surface area (Å²) in [5.41, 5.74) is 2.71. The first-order valence-corrected chi connectivity index (χ1v) is 5.38. The van der Waals surface area contributed by atoms with Crippen molar-refractivity contribution in [3.8, 4) is 0 Å². The quantitative estimate of drug-likeness (QED) is 0.745. The van der Waals surface area contributed by atoms with Gasteiger partial charge in [-0.1, -0.05) is 18.2 Å². The van der Waals surface area contributed by atoms with Gasteiger partial charge in [0, 0.05) is 24.6 Å². The summed E-state index contributed by atoms with van der Waals surface area (Å²) < 4.78 is 2.28. The van der Waals surface area contributed by atoms with Crippen LogP contribution in [0.5, 0.6) is 0 Å². The Kier molecular flexibility index (Phi) is 1.98. The van der Waals surface area contributed by atoms with E-state index >= 15 is 0 Å². The van der Waals surface area contributed by atoms with Gasteiger partial charge in [-0.05, 0) is 30.2 Å². The minimum atomic E-state index is 0.551. The summed E-state index contributed by atoms with van der Waals surface area (Å²) in [6.45, 7) is 1.02. The molecule has 0 fully saturated rings. The van der Waals surface area contributed by atoms with Crippen LogP contribution in [0.1, 0.15) is 11.6 Å². The predicted molar refractivity (Wildman–Crippen MR) is 62.1 cm³/mol. The molecule has 1 aliphatic heterocycles. The number of hydrogen-bond donors (Lipinski definition) is 1. The van der Waals surface area contributed by atoms with E-state index in [1.165, 1.54) is 11.3 Å². The van der Waals surface area contributed by atoms with Crippen molar-refractivity contribution < 1.29 is 0 Å². The van der Waals surface area contributed by atoms with Crippen molar-refractivity contribution in [1.82, 2.24) is 4.57 Å². The number of para-hydroxylation sites is 1. The number of anilines is 1. The largest absolute Gasteiger partial charge is 0.383 e. The van der Waals surface area contributed by atoms with Crippen LogP contribution in [0, 0.1) is 0 Å². The van der Waals surface area contributed by atoms with Crippen LogP contribution in [0.2, 0.25) is 0 Å². The van der Waals surface area contributed by atoms with E-state index in [1.54, 1.807) is 0 Å². The van der Waals surface area contributed by atoms with E-state index in [-0.39, 0.29) is 0 Å². The summed E-state index contributed by atoms with van der Waals surface area (Å²) >= 11 is 0. The van der Waals surface area contributed by atoms with Crippen molar-refractivity contribution in [2.45, 2.75) is 12.5 Å². The van der Waals surface area contributed by atoms with Gasteiger partial charge in [0.2, 0.25) is 0 Å². The molecule has 0 saturated heterocycles. The summed E-state index contributed by atoms with van der Waals surface area (Å²) in [4.78, 5) is 0. The van der Waals surface area contributed by atoms with E-state index in [1.807, 2.05) is 0 Å². The Morgan fingerprint density at radius 1 is 1.07 bits per heavy atom. The molecule has 0 amide bonds. The Hall–Kier alpha value is -1.70. The van der Waals surface area contributed by atoms with Crippen molar-refractivity contribution in [2.75, 3.05) is 11.9 Å². The lowest BCUT2D eigenvalue weighted by Crippen LogP contribution is -2.25. The molecule has 76 valence electrons. The fourth-order valence-electron chi connectivity index (χ4n) is 2.23. The van der Waals surface area contributed by atoms with Crippen molar-refractivity contribution in [3.63, 3.8) is 0 Å². The molecule has 0 bridgehead atoms. The zero-order valence-corrected chi connectivity index (χ0v) is 8.56. The average Bonchev–Trinajstić information content (AvgIpc) is 2.82. The number of nitrogens with one attached hydrogen (secondary N) is 1. The first-order chi connectivity index (χ1) is 7.43. The van der Waals surface area contributed by atoms with Gasteiger partial charge in [-0.15, -0.1) is 0 Å². The highest BCUT2D eigenvalue weighted by Crippen LogP contribution is 2.26. The van der Waals surface area contributed by atoms with Crippen LogP contribution < -0.4 is 5.32 Å². The van der Waals surface area contributed by atoms with E-state index in [2.05, 4.69) is 58.7 Å². The highest BCUT2D eigenvalue weighted by molar-refractivity contribution is 5.53. The highest BCUT2D eigenvalue weighted by atomic mass is 15.0. The monoisotopic (exact) mass is 198 g/mol. The van der Waals surface area contributed by atoms with Crippen LogP contribution >= 0.6 is 0 Å². The molecule has 2 heteroatoms. The van der Waals surface area contributed by atoms with E-state index in [9.17, 15) is 0 Å². The first kappa shape index (κ1) is 8.60. The van der Waals surface area contributed by atoms with Gasteiger partial charge in [0.1, 0.15) is 0 Å². The smallest absolute Gasteiger partial charge is 0.0544 e. The summed E-state index contributed by atoms with van der Waals surface area (Å²) in [5.74, 6) is 0. The minimum Gasteiger partial charge on any atom is -0.383 e. The zero-order valence-electron chi connectivity index (χ0n) is 8.56. The van der Waals surface area contributed by atoms with Crippen LogP contribution in [0.4, 0.5) is 5.69 Å². The van der Waals surface area contributed by atoms with Gasteiger partial charge >= 0.3 is 0 Å². The SMILES string of the molecule is c1ccc2c(c1)CC(n1cccc1)CN2. The molecule has 0 saturated carbocycles. The zero-order chi connectivity index (χ0) is 10.1. The van der Waals surface area contributed by atoms with E-state index in [4.69, 9.17) is 0 Å². The van der Waals surface area contributed by atoms with E-state index in [0.717, 1.165) is 13.0 Å². The van der Waals surface area contributed by atoms with Gasteiger partial charge < -0.3 is 9.88 Å². The number of rotatable bonds is 1. The maximum Gasteiger partial charge on any atom is 0.0544 e. The summed E-state index contributed by atoms with van der Waals surface area (Å²) in [5, 5.41) is 3.48. The van der Waals surface area contributed by atoms with Crippen molar-refractivity contribution in [2.24, 2.45) is 0 Å². The van der Waals surface area contributed by atoms with Gasteiger partial charge in [0.15, 0.2) is 0 Å². The molecule has 2 nitrogen and oxygen atoms in total. The fraction of sp³-hybridized carbons (Fsp3) is 0.231. The summed E-state index contributed by atoms with van der Waals surface area (Å²) in [7, 11) is 0. The Morgan fingerprint density at radius 3 is 2.73 bits per heavy atom. The van der Waals surface area contributed by atoms with Crippen molar-refractivity contribution in [1.29, 1.82) is 0 Å². The molecule has 1 aliphatic rings. The standard InChI is InChI=1S/C13H14N2/c1-2-6-13-11(5-1)9-12(10-14-13)15-7-3-4-8-15/h1-8,12,14H,9-10H2. The second-order valence-electron chi connectivity index (χ2n) is 4.03. The fourth-order valence-corrected chi connectivity index (χ4v) is 2.23. The van der Waals surface area contributed by atoms with Crippen LogP contribution in [-0.2, 0) is 6.42 Å². The lowest BCUT2D eigenvalue weighted by Gasteiger charge is -2.27. The molecule has 0 radical (unpaired) electrons. The second-order valence-corrected chi connectivity index (χ2v) is 4.03. The molecule has 0 aliphatic carbocycles. The van der Waals surface area contributed by atoms with Gasteiger partial charge in [0.05, 0.1) is 6.04 Å². The molecule has 1 aromatic carbocycles. The Balaban J connectivity index is 1.89. The van der Waals surface area contributed by atoms with Gasteiger partial charge in [-0.3, -0.25) is 0 Å². The third-order valence-electron chi connectivity index (χ3n) is 3.05. The maximum absolute atomic E-state index is 3.48. The normalized spacial score (nSPS) is 19.3. The molecule has 1 aromatic heterocycles. The van der Waals surface area contributed by atoms with Crippen LogP contribution in [0.25, 0.3) is 0 Å². The lowest BCUT2D eigenvalue weighted by atomic mass is 10.00. The molecule has 1 unspecified atom stereocenters. The van der Waals surface area contributed by atoms with Gasteiger partial charge in [-0.25, -0.2) is 0 Å². The number of fused-ring (bicyclic) bond motifs is 1. The molecular formula is C13H14N2. The Bertz CT molecular complexity index is 445. The number of aromatic nitrogens is 1. The Morgan fingerprint density at radius 2 is 1.87 bits per heavy atom. The summed E-state index contributed by atoms with van der Waals surface area (Å²) in [6.07, 6.45) is 5.40. The highest BCUT2D eigenvalue weighted by Gasteiger charge is 2.17. The molecule has 1 atom stereocenters. The van der Waals surface area contributed by atoms with Gasteiger partial charge in [0.25, 0.3) is 0 Å². The Labute approximate surface area is 89.5 Å². The minimum absolute atomic E-state index is 0.551. The number of hydrogen-bond acceptors (Lipinski definition) is 1. The van der Waals surface area contributed by atoms with Crippen LogP contribution in [0.3, 0.4) is 0 Å². The molecule has 2 heterocycles. The summed E-state index contributed by atoms with van der Waals surface area (Å²) in [6, 6.07) is 13.3. The molecule has 15 heavy (non-hydrogen) atoms.